The molecule has 36 heteroatoms. The van der Waals surface area contributed by atoms with Crippen molar-refractivity contribution >= 4 is 198 Å². The molecule has 12 aromatic carbocycles. The Morgan fingerprint density at radius 1 is 0.200 bits per heavy atom. The monoisotopic (exact) mass is 1760 g/mol. The van der Waals surface area contributed by atoms with Gasteiger partial charge in [0.05, 0.1) is 37.3 Å². The van der Waals surface area contributed by atoms with Crippen LogP contribution in [0.5, 0.6) is 34.5 Å². The number of rotatable bonds is 30. The first kappa shape index (κ1) is 84.2. The second kappa shape index (κ2) is 42.9. The summed E-state index contributed by atoms with van der Waals surface area (Å²) in [6.45, 7) is 0. The molecule has 27 nitrogen and oxygen atoms in total. The summed E-state index contributed by atoms with van der Waals surface area (Å²) in [4.78, 5) is 0. The largest absolute Gasteiger partial charge is 0.460 e. The van der Waals surface area contributed by atoms with Crippen LogP contribution in [0.25, 0.3) is 0 Å². The first-order valence-corrected chi connectivity index (χ1v) is 43.3. The van der Waals surface area contributed by atoms with Crippen molar-refractivity contribution in [3.8, 4) is 34.5 Å². The molecule has 600 valence electrons. The maximum Gasteiger partial charge on any atom is 0.460 e. The topological polar surface area (TPSA) is 311 Å². The highest BCUT2D eigenvalue weighted by molar-refractivity contribution is 7.81. The molecule has 12 N–H and O–H groups in total. The summed E-state index contributed by atoms with van der Waals surface area (Å²) in [7, 11) is -13.8. The van der Waals surface area contributed by atoms with Gasteiger partial charge in [-0.2, -0.15) is 30.6 Å². The molecule has 120 heavy (non-hydrogen) atoms. The smallest absolute Gasteiger partial charge is 0.413 e. The second-order valence-electron chi connectivity index (χ2n) is 24.8. The van der Waals surface area contributed by atoms with Gasteiger partial charge >= 0.3 is 23.0 Å². The molecule has 1 aliphatic heterocycles. The Kier molecular flexibility index (Phi) is 30.1. The van der Waals surface area contributed by atoms with Crippen LogP contribution in [0, 0.1) is 0 Å². The van der Waals surface area contributed by atoms with E-state index in [1.807, 2.05) is 182 Å². The number of para-hydroxylation sites is 6. The number of nitrogens with zero attached hydrogens (tertiary/aromatic N) is 9. The SMILES string of the molecule is S=C(N/N=C/c1ccc(OP2(Oc3ccc(/C=N/NC(=S)Nc4ccccc4)cc3)=NP(Oc3ccc(/C=N/NC(=S)Nc4ccccc4)cc3)(Oc3ccc(/C=N/NC(=S)Nc4ccccc4)cc3)=NP(Oc3ccc(/C=N/NC(=S)Nc4ccccc4)cc3)(Oc3ccc(/C=N/NC(=S)Nc4ccccc4)cc3)=N2)cc1)Nc1ccccc1. The van der Waals surface area contributed by atoms with Gasteiger partial charge in [0.15, 0.2) is 30.7 Å². The maximum absolute atomic E-state index is 7.35. The zero-order valence-corrected chi connectivity index (χ0v) is 70.5. The lowest BCUT2D eigenvalue weighted by Crippen LogP contribution is -2.23. The first-order chi connectivity index (χ1) is 58.7. The van der Waals surface area contributed by atoms with E-state index >= 15 is 0 Å². The molecule has 13 rings (SSSR count). The van der Waals surface area contributed by atoms with Crippen molar-refractivity contribution in [3.05, 3.63) is 361 Å². The van der Waals surface area contributed by atoms with Gasteiger partial charge in [-0.3, -0.25) is 32.6 Å². The van der Waals surface area contributed by atoms with Crippen LogP contribution in [0.3, 0.4) is 0 Å². The zero-order chi connectivity index (χ0) is 82.9. The number of hydrogen-bond acceptors (Lipinski definition) is 21. The Hall–Kier alpha value is -13.7. The van der Waals surface area contributed by atoms with Gasteiger partial charge in [0.25, 0.3) is 0 Å². The van der Waals surface area contributed by atoms with Crippen molar-refractivity contribution in [1.29, 1.82) is 0 Å². The standard InChI is InChI=1S/C84H72N21O6P3S6/c115-79(91-67-19-7-1-8-20-67)97-85-55-61-31-43-73(44-32-61)106-112(107-74-45-33-62(34-46-74)56-86-98-80(116)92-68-21-9-2-10-22-68)103-113(108-75-47-35-63(36-48-75)57-87-99-81(117)93-69-23-11-3-12-24-69,109-76-49-37-64(38-50-76)58-88-100-82(118)94-70-25-13-4-14-26-70)105-114(104-112,110-77-51-39-65(40-52-77)59-89-101-83(119)95-71-27-15-5-16-28-71)111-78-53-41-66(42-54-78)60-90-102-84(120)96-72-29-17-6-18-30-72/h1-60H,(H2,91,97,115)(H2,92,98,116)(H2,93,99,117)(H2,94,100,118)(H2,95,101,119)(H2,96,102,120)/b85-55+,86-56+,87-57+,88-58+,89-59+,90-60+. The first-order valence-electron chi connectivity index (χ1n) is 36.3. The predicted molar refractivity (Wildman–Crippen MR) is 511 cm³/mol. The fraction of sp³-hybridized carbons (Fsp3) is 0. The van der Waals surface area contributed by atoms with Gasteiger partial charge in [0, 0.05) is 34.1 Å². The van der Waals surface area contributed by atoms with Crippen LogP contribution in [-0.4, -0.2) is 68.0 Å². The molecular formula is C84H72N21O6P3S6. The van der Waals surface area contributed by atoms with Gasteiger partial charge in [0.1, 0.15) is 34.5 Å². The molecule has 0 spiro atoms. The van der Waals surface area contributed by atoms with E-state index in [4.69, 9.17) is 114 Å². The fourth-order valence-electron chi connectivity index (χ4n) is 10.3. The lowest BCUT2D eigenvalue weighted by atomic mass is 10.2. The van der Waals surface area contributed by atoms with E-state index in [2.05, 4.69) is 95.1 Å². The average Bonchev–Trinajstić information content (AvgIpc) is 0.728. The van der Waals surface area contributed by atoms with Gasteiger partial charge in [-0.1, -0.05) is 123 Å². The Morgan fingerprint density at radius 2 is 0.333 bits per heavy atom. The summed E-state index contributed by atoms with van der Waals surface area (Å²) < 4.78 is 60.7. The highest BCUT2D eigenvalue weighted by Crippen LogP contribution is 2.78. The molecule has 1 heterocycles. The Morgan fingerprint density at radius 3 is 0.467 bits per heavy atom. The number of thiocarbonyl (C=S) groups is 6. The third kappa shape index (κ3) is 27.2. The lowest BCUT2D eigenvalue weighted by molar-refractivity contribution is 0.443. The third-order valence-electron chi connectivity index (χ3n) is 15.8. The summed E-state index contributed by atoms with van der Waals surface area (Å²) in [6, 6.07) is 98.6. The quantitative estimate of drug-likeness (QED) is 0.00861. The number of benzene rings is 12. The Balaban J connectivity index is 0.942. The van der Waals surface area contributed by atoms with Crippen molar-refractivity contribution in [2.24, 2.45) is 44.2 Å². The number of hydrazone groups is 6. The molecular weight excluding hydrogens is 1680 g/mol. The molecule has 12 aromatic rings. The van der Waals surface area contributed by atoms with E-state index in [9.17, 15) is 0 Å². The molecule has 0 fully saturated rings. The third-order valence-corrected chi connectivity index (χ3v) is 25.1. The van der Waals surface area contributed by atoms with E-state index in [-0.39, 0.29) is 65.2 Å². The molecule has 0 radical (unpaired) electrons. The minimum absolute atomic E-state index is 0.202. The van der Waals surface area contributed by atoms with Crippen LogP contribution in [0.1, 0.15) is 33.4 Å². The van der Waals surface area contributed by atoms with Gasteiger partial charge in [-0.25, -0.2) is 0 Å². The summed E-state index contributed by atoms with van der Waals surface area (Å²) in [5.41, 5.74) is 25.8. The van der Waals surface area contributed by atoms with Crippen molar-refractivity contribution in [3.63, 3.8) is 0 Å². The van der Waals surface area contributed by atoms with Crippen molar-refractivity contribution < 1.29 is 27.1 Å². The Labute approximate surface area is 724 Å². The van der Waals surface area contributed by atoms with Crippen molar-refractivity contribution in [1.82, 2.24) is 32.6 Å². The second-order valence-corrected chi connectivity index (χ2v) is 33.5. The predicted octanol–water partition coefficient (Wildman–Crippen LogP) is 20.2. The van der Waals surface area contributed by atoms with Crippen molar-refractivity contribution in [2.75, 3.05) is 31.9 Å². The lowest BCUT2D eigenvalue weighted by Gasteiger charge is -2.33. The number of anilines is 6. The molecule has 1 aliphatic rings. The normalized spacial score (nSPS) is 12.9. The molecule has 0 unspecified atom stereocenters. The van der Waals surface area contributed by atoms with E-state index in [1.165, 1.54) is 0 Å². The van der Waals surface area contributed by atoms with Gasteiger partial charge in [-0.15, -0.1) is 0 Å². The number of nitrogens with one attached hydrogen (secondary N) is 12. The van der Waals surface area contributed by atoms with Crippen LogP contribution < -0.4 is 91.6 Å². The minimum Gasteiger partial charge on any atom is -0.413 e. The van der Waals surface area contributed by atoms with E-state index in [0.717, 1.165) is 34.1 Å². The van der Waals surface area contributed by atoms with Gasteiger partial charge < -0.3 is 59.0 Å². The van der Waals surface area contributed by atoms with Crippen LogP contribution in [0.4, 0.5) is 34.1 Å². The fourth-order valence-corrected chi connectivity index (χ4v) is 20.4. The highest BCUT2D eigenvalue weighted by atomic mass is 32.1. The summed E-state index contributed by atoms with van der Waals surface area (Å²) in [5, 5.41) is 46.9. The summed E-state index contributed by atoms with van der Waals surface area (Å²) in [6.07, 6.45) is 9.57. The molecule has 0 atom stereocenters. The molecule has 0 saturated carbocycles. The maximum atomic E-state index is 7.35. The molecule has 0 bridgehead atoms. The summed E-state index contributed by atoms with van der Waals surface area (Å²) >= 11 is 33.4. The van der Waals surface area contributed by atoms with Crippen molar-refractivity contribution in [2.45, 2.75) is 0 Å². The summed E-state index contributed by atoms with van der Waals surface area (Å²) in [5.74, 6) is 1.21. The van der Waals surface area contributed by atoms with Gasteiger partial charge in [-0.05, 0) is 325 Å². The highest BCUT2D eigenvalue weighted by Gasteiger charge is 2.49. The van der Waals surface area contributed by atoms with Gasteiger partial charge in [0.2, 0.25) is 0 Å². The van der Waals surface area contributed by atoms with Crippen LogP contribution in [0.15, 0.2) is 372 Å². The van der Waals surface area contributed by atoms with Crippen LogP contribution in [-0.2, 0) is 0 Å². The minimum atomic E-state index is -4.61. The van der Waals surface area contributed by atoms with E-state index < -0.39 is 23.0 Å². The van der Waals surface area contributed by atoms with Crippen LogP contribution >= 0.6 is 96.3 Å². The number of hydrogen-bond donors (Lipinski definition) is 12. The zero-order valence-electron chi connectivity index (χ0n) is 62.9. The molecule has 0 amide bonds. The Bertz CT molecular complexity index is 4960. The van der Waals surface area contributed by atoms with E-state index in [1.54, 1.807) is 183 Å². The average molecular weight is 1760 g/mol. The molecule has 0 saturated heterocycles. The molecule has 0 aliphatic carbocycles. The molecule has 0 aromatic heterocycles. The van der Waals surface area contributed by atoms with E-state index in [0.29, 0.717) is 33.4 Å². The van der Waals surface area contributed by atoms with Crippen LogP contribution in [0.2, 0.25) is 0 Å².